The Morgan fingerprint density at radius 1 is 1.12 bits per heavy atom. The van der Waals surface area contributed by atoms with Gasteiger partial charge in [0.05, 0.1) is 19.3 Å². The molecule has 0 fully saturated rings. The van der Waals surface area contributed by atoms with Crippen LogP contribution in [0.1, 0.15) is 18.2 Å². The summed E-state index contributed by atoms with van der Waals surface area (Å²) in [6.45, 7) is 3.77. The summed E-state index contributed by atoms with van der Waals surface area (Å²) in [6.07, 6.45) is -0.687. The minimum Gasteiger partial charge on any atom is -0.497 e. The molecule has 2 heterocycles. The lowest BCUT2D eigenvalue weighted by Gasteiger charge is -2.14. The summed E-state index contributed by atoms with van der Waals surface area (Å²) in [5, 5.41) is 7.80. The van der Waals surface area contributed by atoms with Gasteiger partial charge in [0, 0.05) is 11.6 Å². The number of carbonyl (C=O) groups is 1. The number of benzene rings is 2. The molecule has 4 rings (SSSR count). The summed E-state index contributed by atoms with van der Waals surface area (Å²) in [5.41, 5.74) is 2.12. The summed E-state index contributed by atoms with van der Waals surface area (Å²) in [5.74, 6) is 1.06. The van der Waals surface area contributed by atoms with Crippen LogP contribution in [0.3, 0.4) is 0 Å². The maximum absolute atomic E-state index is 12.5. The third-order valence-electron chi connectivity index (χ3n) is 4.78. The molecule has 164 valence electrons. The molecule has 0 aliphatic carbocycles. The summed E-state index contributed by atoms with van der Waals surface area (Å²) in [6, 6.07) is 16.3. The predicted molar refractivity (Wildman–Crippen MR) is 122 cm³/mol. The number of methoxy groups -OCH3 is 1. The maximum atomic E-state index is 12.5. The van der Waals surface area contributed by atoms with Crippen molar-refractivity contribution in [1.29, 1.82) is 0 Å². The zero-order valence-electron chi connectivity index (χ0n) is 17.9. The largest absolute Gasteiger partial charge is 0.497 e. The van der Waals surface area contributed by atoms with Gasteiger partial charge in [-0.1, -0.05) is 29.0 Å². The average molecular weight is 451 g/mol. The molecule has 0 bridgehead atoms. The van der Waals surface area contributed by atoms with Crippen molar-refractivity contribution in [1.82, 2.24) is 19.9 Å². The van der Waals surface area contributed by atoms with Crippen molar-refractivity contribution in [3.05, 3.63) is 76.2 Å². The number of ether oxygens (including phenoxy) is 2. The lowest BCUT2D eigenvalue weighted by atomic mass is 10.2. The van der Waals surface area contributed by atoms with Crippen molar-refractivity contribution in [3.8, 4) is 22.1 Å². The molecular weight excluding hydrogens is 428 g/mol. The average Bonchev–Trinajstić information content (AvgIpc) is 3.24. The zero-order chi connectivity index (χ0) is 22.7. The molecule has 1 atom stereocenters. The number of hydrogen-bond donors (Lipinski definition) is 1. The number of aromatic nitrogens is 3. The van der Waals surface area contributed by atoms with Crippen LogP contribution in [0.5, 0.6) is 11.5 Å². The first-order valence-corrected chi connectivity index (χ1v) is 10.8. The van der Waals surface area contributed by atoms with Gasteiger partial charge in [-0.05, 0) is 50.2 Å². The lowest BCUT2D eigenvalue weighted by molar-refractivity contribution is -0.127. The van der Waals surface area contributed by atoms with Crippen LogP contribution >= 0.6 is 11.3 Å². The minimum atomic E-state index is -0.687. The van der Waals surface area contributed by atoms with E-state index in [1.165, 1.54) is 21.9 Å². The second kappa shape index (κ2) is 9.19. The molecule has 2 aromatic heterocycles. The van der Waals surface area contributed by atoms with Crippen LogP contribution in [0.15, 0.2) is 59.4 Å². The van der Waals surface area contributed by atoms with Crippen molar-refractivity contribution in [2.75, 3.05) is 7.11 Å². The van der Waals surface area contributed by atoms with Crippen LogP contribution in [-0.2, 0) is 11.3 Å². The number of fused-ring (bicyclic) bond motifs is 1. The molecule has 0 saturated carbocycles. The standard InChI is InChI=1S/C23H22N4O4S/c1-14-4-8-19(9-5-14)31-15(2)21(29)24-13-17-12-20(28)27-23(25-17)32-22(26-27)16-6-10-18(30-3)11-7-16/h4-12,15H,13H2,1-3H3,(H,24,29)/t15-/m1/s1. The molecule has 0 radical (unpaired) electrons. The lowest BCUT2D eigenvalue weighted by Crippen LogP contribution is -2.36. The van der Waals surface area contributed by atoms with E-state index in [-0.39, 0.29) is 18.0 Å². The monoisotopic (exact) mass is 450 g/mol. The molecule has 0 spiro atoms. The Balaban J connectivity index is 1.45. The van der Waals surface area contributed by atoms with Crippen LogP contribution in [0.2, 0.25) is 0 Å². The van der Waals surface area contributed by atoms with Crippen molar-refractivity contribution in [2.45, 2.75) is 26.5 Å². The van der Waals surface area contributed by atoms with Crippen LogP contribution in [-0.4, -0.2) is 33.7 Å². The minimum absolute atomic E-state index is 0.113. The quantitative estimate of drug-likeness (QED) is 0.465. The number of aryl methyl sites for hydroxylation is 1. The number of rotatable bonds is 7. The second-order valence-corrected chi connectivity index (χ2v) is 8.16. The van der Waals surface area contributed by atoms with Gasteiger partial charge in [0.1, 0.15) is 16.5 Å². The van der Waals surface area contributed by atoms with E-state index in [2.05, 4.69) is 15.4 Å². The fraction of sp³-hybridized carbons (Fsp3) is 0.217. The van der Waals surface area contributed by atoms with E-state index in [4.69, 9.17) is 9.47 Å². The highest BCUT2D eigenvalue weighted by atomic mass is 32.1. The first-order chi connectivity index (χ1) is 15.4. The van der Waals surface area contributed by atoms with E-state index >= 15 is 0 Å². The molecule has 9 heteroatoms. The maximum Gasteiger partial charge on any atom is 0.275 e. The molecule has 2 aromatic carbocycles. The summed E-state index contributed by atoms with van der Waals surface area (Å²) in [7, 11) is 1.60. The normalized spacial score (nSPS) is 11.8. The smallest absolute Gasteiger partial charge is 0.275 e. The van der Waals surface area contributed by atoms with Crippen molar-refractivity contribution >= 4 is 22.2 Å². The molecule has 0 aliphatic heterocycles. The Kier molecular flexibility index (Phi) is 6.18. The number of nitrogens with zero attached hydrogens (tertiary/aromatic N) is 3. The van der Waals surface area contributed by atoms with Gasteiger partial charge >= 0.3 is 0 Å². The van der Waals surface area contributed by atoms with Crippen LogP contribution in [0.4, 0.5) is 0 Å². The van der Waals surface area contributed by atoms with Gasteiger partial charge in [-0.15, -0.1) is 0 Å². The number of carbonyl (C=O) groups excluding carboxylic acids is 1. The van der Waals surface area contributed by atoms with Crippen LogP contribution in [0, 0.1) is 6.92 Å². The van der Waals surface area contributed by atoms with E-state index in [0.717, 1.165) is 16.9 Å². The van der Waals surface area contributed by atoms with Gasteiger partial charge in [-0.3, -0.25) is 9.59 Å². The summed E-state index contributed by atoms with van der Waals surface area (Å²) < 4.78 is 12.1. The first kappa shape index (κ1) is 21.5. The molecule has 0 aliphatic rings. The Hall–Kier alpha value is -3.72. The topological polar surface area (TPSA) is 94.8 Å². The Labute approximate surface area is 188 Å². The van der Waals surface area contributed by atoms with Crippen LogP contribution < -0.4 is 20.3 Å². The fourth-order valence-corrected chi connectivity index (χ4v) is 3.92. The molecule has 1 N–H and O–H groups in total. The van der Waals surface area contributed by atoms with E-state index in [0.29, 0.717) is 21.4 Å². The highest BCUT2D eigenvalue weighted by molar-refractivity contribution is 7.19. The Morgan fingerprint density at radius 2 is 1.81 bits per heavy atom. The van der Waals surface area contributed by atoms with E-state index < -0.39 is 6.10 Å². The molecule has 4 aromatic rings. The van der Waals surface area contributed by atoms with Crippen molar-refractivity contribution < 1.29 is 14.3 Å². The third-order valence-corrected chi connectivity index (χ3v) is 5.74. The molecule has 0 unspecified atom stereocenters. The number of hydrogen-bond acceptors (Lipinski definition) is 7. The van der Waals surface area contributed by atoms with E-state index in [9.17, 15) is 9.59 Å². The van der Waals surface area contributed by atoms with E-state index in [1.54, 1.807) is 14.0 Å². The zero-order valence-corrected chi connectivity index (χ0v) is 18.7. The van der Waals surface area contributed by atoms with Gasteiger partial charge in [-0.2, -0.15) is 9.61 Å². The molecule has 0 saturated heterocycles. The van der Waals surface area contributed by atoms with Gasteiger partial charge in [-0.25, -0.2) is 4.98 Å². The highest BCUT2D eigenvalue weighted by Gasteiger charge is 2.16. The third kappa shape index (κ3) is 4.78. The number of nitrogens with one attached hydrogen (secondary N) is 1. The van der Waals surface area contributed by atoms with Crippen molar-refractivity contribution in [3.63, 3.8) is 0 Å². The Morgan fingerprint density at radius 3 is 2.50 bits per heavy atom. The molecular formula is C23H22N4O4S. The van der Waals surface area contributed by atoms with Crippen molar-refractivity contribution in [2.24, 2.45) is 0 Å². The SMILES string of the molecule is COc1ccc(-c2nn3c(=O)cc(CNC(=O)[C@@H](C)Oc4ccc(C)cc4)nc3s2)cc1. The van der Waals surface area contributed by atoms with Gasteiger partial charge in [0.15, 0.2) is 6.10 Å². The van der Waals surface area contributed by atoms with Gasteiger partial charge in [0.2, 0.25) is 4.96 Å². The van der Waals surface area contributed by atoms with E-state index in [1.807, 2.05) is 55.5 Å². The number of amides is 1. The Bertz CT molecular complexity index is 1300. The molecule has 32 heavy (non-hydrogen) atoms. The fourth-order valence-electron chi connectivity index (χ4n) is 2.99. The van der Waals surface area contributed by atoms with Crippen LogP contribution in [0.25, 0.3) is 15.5 Å². The summed E-state index contributed by atoms with van der Waals surface area (Å²) in [4.78, 5) is 29.8. The highest BCUT2D eigenvalue weighted by Crippen LogP contribution is 2.26. The van der Waals surface area contributed by atoms with Gasteiger partial charge < -0.3 is 14.8 Å². The molecule has 8 nitrogen and oxygen atoms in total. The second-order valence-electron chi connectivity index (χ2n) is 7.21. The first-order valence-electron chi connectivity index (χ1n) is 9.98. The predicted octanol–water partition coefficient (Wildman–Crippen LogP) is 3.22. The van der Waals surface area contributed by atoms with Gasteiger partial charge in [0.25, 0.3) is 11.5 Å². The summed E-state index contributed by atoms with van der Waals surface area (Å²) >= 11 is 1.30. The molecule has 1 amide bonds.